The maximum absolute atomic E-state index is 12.3. The van der Waals surface area contributed by atoms with Crippen molar-refractivity contribution in [1.29, 1.82) is 0 Å². The highest BCUT2D eigenvalue weighted by Gasteiger charge is 2.23. The molecule has 1 rings (SSSR count). The first-order valence-corrected chi connectivity index (χ1v) is 7.76. The molecule has 2 atom stereocenters. The van der Waals surface area contributed by atoms with E-state index in [1.165, 1.54) is 0 Å². The van der Waals surface area contributed by atoms with E-state index in [9.17, 15) is 9.59 Å². The molecule has 0 unspecified atom stereocenters. The molecule has 2 amide bonds. The van der Waals surface area contributed by atoms with Gasteiger partial charge in [-0.15, -0.1) is 0 Å². The zero-order valence-electron chi connectivity index (χ0n) is 12.5. The highest BCUT2D eigenvalue weighted by Crippen LogP contribution is 2.06. The van der Waals surface area contributed by atoms with Gasteiger partial charge in [-0.05, 0) is 37.8 Å². The number of rotatable bonds is 10. The molecular weight excluding hydrogens is 300 g/mol. The maximum atomic E-state index is 12.3. The number of thiol groups is 1. The van der Waals surface area contributed by atoms with E-state index in [0.717, 1.165) is 18.4 Å². The summed E-state index contributed by atoms with van der Waals surface area (Å²) in [6.07, 6.45) is 2.49. The second kappa shape index (κ2) is 10.2. The van der Waals surface area contributed by atoms with Crippen LogP contribution in [0.5, 0.6) is 0 Å². The number of nitrogens with two attached hydrogens (primary N) is 2. The molecule has 0 radical (unpaired) electrons. The van der Waals surface area contributed by atoms with Gasteiger partial charge in [-0.1, -0.05) is 43.1 Å². The molecule has 6 N–H and O–H groups in total. The molecule has 0 heterocycles. The van der Waals surface area contributed by atoms with Gasteiger partial charge in [0.2, 0.25) is 11.8 Å². The van der Waals surface area contributed by atoms with Crippen LogP contribution in [0.25, 0.3) is 0 Å². The molecule has 0 aliphatic heterocycles. The fourth-order valence-electron chi connectivity index (χ4n) is 2.10. The highest BCUT2D eigenvalue weighted by molar-refractivity contribution is 7.78. The Morgan fingerprint density at radius 1 is 1.14 bits per heavy atom. The first-order chi connectivity index (χ1) is 10.6. The molecule has 0 spiro atoms. The van der Waals surface area contributed by atoms with Crippen LogP contribution in [-0.4, -0.2) is 30.4 Å². The monoisotopic (exact) mass is 324 g/mol. The predicted octanol–water partition coefficient (Wildman–Crippen LogP) is 0.131. The average Bonchev–Trinajstić information content (AvgIpc) is 2.52. The van der Waals surface area contributed by atoms with Crippen LogP contribution in [-0.2, 0) is 16.0 Å². The Morgan fingerprint density at radius 2 is 1.82 bits per heavy atom. The van der Waals surface area contributed by atoms with E-state index in [0.29, 0.717) is 19.4 Å². The van der Waals surface area contributed by atoms with E-state index in [1.807, 2.05) is 30.3 Å². The Balaban J connectivity index is 2.59. The molecule has 0 fully saturated rings. The minimum absolute atomic E-state index is 0.296. The van der Waals surface area contributed by atoms with E-state index < -0.39 is 18.0 Å². The molecular formula is C15H24N4O2S. The van der Waals surface area contributed by atoms with Gasteiger partial charge < -0.3 is 16.8 Å². The number of hydrogen-bond donors (Lipinski definition) is 5. The fourth-order valence-corrected chi connectivity index (χ4v) is 2.31. The topological polar surface area (TPSA) is 110 Å². The smallest absolute Gasteiger partial charge is 0.240 e. The molecule has 0 saturated heterocycles. The molecule has 0 aliphatic rings. The van der Waals surface area contributed by atoms with Crippen molar-refractivity contribution in [2.24, 2.45) is 11.5 Å². The van der Waals surface area contributed by atoms with Crippen LogP contribution < -0.4 is 21.5 Å². The number of amides is 2. The number of unbranched alkanes of at least 4 members (excludes halogenated alkanes) is 1. The minimum atomic E-state index is -0.681. The third-order valence-electron chi connectivity index (χ3n) is 3.36. The Morgan fingerprint density at radius 3 is 2.36 bits per heavy atom. The van der Waals surface area contributed by atoms with Gasteiger partial charge in [0.15, 0.2) is 0 Å². The number of carbonyl (C=O) groups excluding carboxylic acids is 2. The van der Waals surface area contributed by atoms with Gasteiger partial charge in [0.05, 0.1) is 6.04 Å². The second-order valence-electron chi connectivity index (χ2n) is 5.12. The summed E-state index contributed by atoms with van der Waals surface area (Å²) >= 11 is 4.00. The van der Waals surface area contributed by atoms with Crippen LogP contribution in [0.3, 0.4) is 0 Å². The van der Waals surface area contributed by atoms with Crippen LogP contribution in [0.4, 0.5) is 0 Å². The van der Waals surface area contributed by atoms with Gasteiger partial charge in [-0.2, -0.15) is 0 Å². The number of carbonyl (C=O) groups is 2. The zero-order valence-corrected chi connectivity index (χ0v) is 13.4. The minimum Gasteiger partial charge on any atom is -0.368 e. The second-order valence-corrected chi connectivity index (χ2v) is 5.38. The highest BCUT2D eigenvalue weighted by atomic mass is 32.1. The lowest BCUT2D eigenvalue weighted by atomic mass is 10.0. The van der Waals surface area contributed by atoms with E-state index in [4.69, 9.17) is 11.5 Å². The zero-order chi connectivity index (χ0) is 16.4. The van der Waals surface area contributed by atoms with Crippen LogP contribution in [0.1, 0.15) is 24.8 Å². The first-order valence-electron chi connectivity index (χ1n) is 7.31. The van der Waals surface area contributed by atoms with Gasteiger partial charge in [0.1, 0.15) is 6.04 Å². The Kier molecular flexibility index (Phi) is 8.57. The van der Waals surface area contributed by atoms with Crippen molar-refractivity contribution in [3.05, 3.63) is 35.9 Å². The Bertz CT molecular complexity index is 470. The summed E-state index contributed by atoms with van der Waals surface area (Å²) in [6.45, 7) is 0.550. The molecule has 0 bridgehead atoms. The van der Waals surface area contributed by atoms with Crippen molar-refractivity contribution in [2.75, 3.05) is 6.54 Å². The Hall–Kier alpha value is -1.57. The third kappa shape index (κ3) is 6.46. The van der Waals surface area contributed by atoms with Gasteiger partial charge in [-0.25, -0.2) is 0 Å². The largest absolute Gasteiger partial charge is 0.368 e. The number of hydrogen-bond acceptors (Lipinski definition) is 5. The lowest BCUT2D eigenvalue weighted by Gasteiger charge is -2.20. The first kappa shape index (κ1) is 18.5. The molecule has 0 aliphatic carbocycles. The summed E-state index contributed by atoms with van der Waals surface area (Å²) < 4.78 is 2.67. The van der Waals surface area contributed by atoms with Crippen LogP contribution in [0.2, 0.25) is 0 Å². The van der Waals surface area contributed by atoms with Crippen LogP contribution >= 0.6 is 12.8 Å². The summed E-state index contributed by atoms with van der Waals surface area (Å²) in [6, 6.07) is 8.36. The van der Waals surface area contributed by atoms with Crippen LogP contribution in [0.15, 0.2) is 30.3 Å². The number of nitrogens with one attached hydrogen (secondary N) is 2. The van der Waals surface area contributed by atoms with Crippen molar-refractivity contribution in [3.8, 4) is 0 Å². The summed E-state index contributed by atoms with van der Waals surface area (Å²) in [7, 11) is 0. The average molecular weight is 324 g/mol. The third-order valence-corrected chi connectivity index (χ3v) is 3.67. The SMILES string of the molecule is NCCCC[C@H](NC(=O)[C@H](Cc1ccccc1)NS)C(N)=O. The van der Waals surface area contributed by atoms with E-state index in [-0.39, 0.29) is 5.91 Å². The van der Waals surface area contributed by atoms with Crippen molar-refractivity contribution >= 4 is 24.6 Å². The Labute approximate surface area is 136 Å². The van der Waals surface area contributed by atoms with Crippen LogP contribution in [0, 0.1) is 0 Å². The lowest BCUT2D eigenvalue weighted by molar-refractivity contribution is -0.128. The molecule has 6 nitrogen and oxygen atoms in total. The number of primary amides is 1. The molecule has 7 heteroatoms. The van der Waals surface area contributed by atoms with Gasteiger partial charge in [0, 0.05) is 0 Å². The molecule has 22 heavy (non-hydrogen) atoms. The summed E-state index contributed by atoms with van der Waals surface area (Å²) in [5, 5.41) is 2.68. The van der Waals surface area contributed by atoms with Crippen molar-refractivity contribution < 1.29 is 9.59 Å². The van der Waals surface area contributed by atoms with Crippen molar-refractivity contribution in [1.82, 2.24) is 10.0 Å². The normalized spacial score (nSPS) is 13.4. The van der Waals surface area contributed by atoms with Crippen molar-refractivity contribution in [2.45, 2.75) is 37.8 Å². The van der Waals surface area contributed by atoms with Crippen molar-refractivity contribution in [3.63, 3.8) is 0 Å². The molecule has 122 valence electrons. The van der Waals surface area contributed by atoms with E-state index in [1.54, 1.807) is 0 Å². The number of benzene rings is 1. The maximum Gasteiger partial charge on any atom is 0.240 e. The predicted molar refractivity (Wildman–Crippen MR) is 90.1 cm³/mol. The standard InChI is InChI=1S/C15H24N4O2S/c16-9-5-4-8-12(14(17)20)18-15(21)13(19-22)10-11-6-2-1-3-7-11/h1-3,6-7,12-13,19,22H,4-5,8-10,16H2,(H2,17,20)(H,18,21)/t12-,13-/m0/s1. The summed E-state index contributed by atoms with van der Waals surface area (Å²) in [5.41, 5.74) is 11.8. The molecule has 1 aromatic carbocycles. The van der Waals surface area contributed by atoms with E-state index in [2.05, 4.69) is 22.9 Å². The molecule has 1 aromatic rings. The quantitative estimate of drug-likeness (QED) is 0.311. The van der Waals surface area contributed by atoms with Gasteiger partial charge >= 0.3 is 0 Å². The summed E-state index contributed by atoms with van der Waals surface area (Å²) in [5.74, 6) is -0.835. The molecule has 0 saturated carbocycles. The van der Waals surface area contributed by atoms with E-state index >= 15 is 0 Å². The fraction of sp³-hybridized carbons (Fsp3) is 0.467. The van der Waals surface area contributed by atoms with Gasteiger partial charge in [0.25, 0.3) is 0 Å². The lowest BCUT2D eigenvalue weighted by Crippen LogP contribution is -2.51. The van der Waals surface area contributed by atoms with Gasteiger partial charge in [-0.3, -0.25) is 14.3 Å². The molecule has 0 aromatic heterocycles. The summed E-state index contributed by atoms with van der Waals surface area (Å²) in [4.78, 5) is 23.7.